The van der Waals surface area contributed by atoms with Gasteiger partial charge >= 0.3 is 12.0 Å². The number of benzene rings is 1. The van der Waals surface area contributed by atoms with Crippen molar-refractivity contribution < 1.29 is 28.3 Å². The maximum Gasteiger partial charge on any atom is 0.322 e. The van der Waals surface area contributed by atoms with E-state index in [1.807, 2.05) is 0 Å². The van der Waals surface area contributed by atoms with E-state index >= 15 is 0 Å². The largest absolute Gasteiger partial charge is 0.481 e. The van der Waals surface area contributed by atoms with Crippen LogP contribution in [0.25, 0.3) is 0 Å². The van der Waals surface area contributed by atoms with Crippen LogP contribution in [-0.4, -0.2) is 28.6 Å². The molecule has 3 rings (SSSR count). The normalized spacial score (nSPS) is 29.1. The molecule has 1 aliphatic heterocycles. The van der Waals surface area contributed by atoms with Gasteiger partial charge < -0.3 is 10.4 Å². The zero-order valence-electron chi connectivity index (χ0n) is 11.9. The average molecular weight is 324 g/mol. The Morgan fingerprint density at radius 2 is 2.09 bits per heavy atom. The topological polar surface area (TPSA) is 95.5 Å². The summed E-state index contributed by atoms with van der Waals surface area (Å²) in [6.07, 6.45) is 0.258. The number of aliphatic carboxylic acids is 1. The third kappa shape index (κ3) is 2.54. The first-order valence-electron chi connectivity index (χ1n) is 7.14. The molecule has 1 aromatic carbocycles. The molecule has 23 heavy (non-hydrogen) atoms. The number of halogens is 2. The lowest BCUT2D eigenvalue weighted by atomic mass is 9.85. The summed E-state index contributed by atoms with van der Waals surface area (Å²) in [5.74, 6) is -4.93. The summed E-state index contributed by atoms with van der Waals surface area (Å²) in [6, 6.07) is 3.03. The Hall–Kier alpha value is -2.51. The number of carbonyl (C=O) groups is 3. The van der Waals surface area contributed by atoms with Crippen molar-refractivity contribution in [3.63, 3.8) is 0 Å². The van der Waals surface area contributed by atoms with Crippen molar-refractivity contribution in [2.24, 2.45) is 11.8 Å². The standard InChI is InChI=1S/C15H14F2N2O4/c16-10-3-1-2-7(11(10)17)4-5-15(9-6-8(9)12(20)21)13(22)18-14(23)19-15/h1-3,8-9H,4-6H2,(H,20,21)(H2,18,19,22,23)/t8-,9-,15?/m0/s1. The first kappa shape index (κ1) is 15.4. The average Bonchev–Trinajstić information content (AvgIpc) is 3.23. The third-order valence-electron chi connectivity index (χ3n) is 4.53. The monoisotopic (exact) mass is 324 g/mol. The van der Waals surface area contributed by atoms with E-state index in [0.29, 0.717) is 0 Å². The minimum Gasteiger partial charge on any atom is -0.481 e. The Kier molecular flexibility index (Phi) is 3.54. The van der Waals surface area contributed by atoms with Gasteiger partial charge in [-0.2, -0.15) is 0 Å². The van der Waals surface area contributed by atoms with E-state index in [1.165, 1.54) is 12.1 Å². The maximum absolute atomic E-state index is 13.7. The van der Waals surface area contributed by atoms with Crippen LogP contribution in [0.15, 0.2) is 18.2 Å². The summed E-state index contributed by atoms with van der Waals surface area (Å²) >= 11 is 0. The summed E-state index contributed by atoms with van der Waals surface area (Å²) in [6.45, 7) is 0. The van der Waals surface area contributed by atoms with Crippen LogP contribution in [0.1, 0.15) is 18.4 Å². The second kappa shape index (κ2) is 5.29. The molecule has 1 heterocycles. The number of hydrogen-bond acceptors (Lipinski definition) is 3. The summed E-state index contributed by atoms with van der Waals surface area (Å²) in [7, 11) is 0. The molecule has 0 bridgehead atoms. The van der Waals surface area contributed by atoms with Crippen LogP contribution >= 0.6 is 0 Å². The van der Waals surface area contributed by atoms with E-state index < -0.39 is 46.9 Å². The molecule has 1 aliphatic carbocycles. The van der Waals surface area contributed by atoms with E-state index in [9.17, 15) is 23.2 Å². The van der Waals surface area contributed by atoms with Crippen LogP contribution in [0.5, 0.6) is 0 Å². The van der Waals surface area contributed by atoms with Crippen molar-refractivity contribution in [2.75, 3.05) is 0 Å². The van der Waals surface area contributed by atoms with Crippen molar-refractivity contribution in [3.05, 3.63) is 35.4 Å². The fourth-order valence-electron chi connectivity index (χ4n) is 3.21. The Morgan fingerprint density at radius 3 is 2.65 bits per heavy atom. The van der Waals surface area contributed by atoms with E-state index in [-0.39, 0.29) is 24.8 Å². The number of carboxylic acids is 1. The molecule has 3 atom stereocenters. The van der Waals surface area contributed by atoms with Gasteiger partial charge in [-0.25, -0.2) is 13.6 Å². The van der Waals surface area contributed by atoms with Crippen molar-refractivity contribution in [3.8, 4) is 0 Å². The maximum atomic E-state index is 13.7. The molecule has 1 saturated carbocycles. The number of imide groups is 1. The summed E-state index contributed by atoms with van der Waals surface area (Å²) < 4.78 is 27.0. The minimum absolute atomic E-state index is 0.000131. The van der Waals surface area contributed by atoms with Crippen LogP contribution in [0.2, 0.25) is 0 Å². The number of hydrogen-bond donors (Lipinski definition) is 3. The molecule has 1 saturated heterocycles. The number of rotatable bonds is 5. The quantitative estimate of drug-likeness (QED) is 0.709. The third-order valence-corrected chi connectivity index (χ3v) is 4.53. The van der Waals surface area contributed by atoms with Gasteiger partial charge in [0.05, 0.1) is 5.92 Å². The van der Waals surface area contributed by atoms with Crippen molar-refractivity contribution in [1.29, 1.82) is 0 Å². The molecule has 0 radical (unpaired) electrons. The van der Waals surface area contributed by atoms with E-state index in [2.05, 4.69) is 10.6 Å². The van der Waals surface area contributed by atoms with Crippen LogP contribution in [0, 0.1) is 23.5 Å². The molecule has 3 N–H and O–H groups in total. The predicted molar refractivity (Wildman–Crippen MR) is 73.3 cm³/mol. The molecule has 8 heteroatoms. The van der Waals surface area contributed by atoms with Gasteiger partial charge in [0.25, 0.3) is 5.91 Å². The molecule has 6 nitrogen and oxygen atoms in total. The summed E-state index contributed by atoms with van der Waals surface area (Å²) in [5, 5.41) is 13.7. The highest BCUT2D eigenvalue weighted by atomic mass is 19.2. The van der Waals surface area contributed by atoms with Crippen LogP contribution in [-0.2, 0) is 16.0 Å². The highest BCUT2D eigenvalue weighted by molar-refractivity contribution is 6.07. The molecular weight excluding hydrogens is 310 g/mol. The lowest BCUT2D eigenvalue weighted by Crippen LogP contribution is -2.50. The smallest absolute Gasteiger partial charge is 0.322 e. The fourth-order valence-corrected chi connectivity index (χ4v) is 3.21. The van der Waals surface area contributed by atoms with Crippen molar-refractivity contribution in [2.45, 2.75) is 24.8 Å². The van der Waals surface area contributed by atoms with Crippen molar-refractivity contribution in [1.82, 2.24) is 10.6 Å². The lowest BCUT2D eigenvalue weighted by molar-refractivity contribution is -0.139. The molecule has 2 aliphatic rings. The SMILES string of the molecule is O=C1NC(=O)C(CCc2cccc(F)c2F)([C@H]2C[C@@H]2C(=O)O)N1. The van der Waals surface area contributed by atoms with Crippen LogP contribution in [0.3, 0.4) is 0 Å². The molecule has 0 spiro atoms. The van der Waals surface area contributed by atoms with Gasteiger partial charge in [0.15, 0.2) is 11.6 Å². The molecule has 122 valence electrons. The van der Waals surface area contributed by atoms with Crippen molar-refractivity contribution >= 4 is 17.9 Å². The molecule has 2 fully saturated rings. The first-order valence-corrected chi connectivity index (χ1v) is 7.14. The van der Waals surface area contributed by atoms with E-state index in [0.717, 1.165) is 6.07 Å². The van der Waals surface area contributed by atoms with Gasteiger partial charge in [-0.15, -0.1) is 0 Å². The van der Waals surface area contributed by atoms with Gasteiger partial charge in [-0.05, 0) is 30.9 Å². The minimum atomic E-state index is -1.39. The zero-order chi connectivity index (χ0) is 16.8. The van der Waals surface area contributed by atoms with Gasteiger partial charge in [-0.3, -0.25) is 14.9 Å². The Bertz CT molecular complexity index is 709. The Morgan fingerprint density at radius 1 is 1.35 bits per heavy atom. The fraction of sp³-hybridized carbons (Fsp3) is 0.400. The van der Waals surface area contributed by atoms with Crippen LogP contribution in [0.4, 0.5) is 13.6 Å². The molecular formula is C15H14F2N2O4. The van der Waals surface area contributed by atoms with Crippen LogP contribution < -0.4 is 10.6 Å². The predicted octanol–water partition coefficient (Wildman–Crippen LogP) is 1.20. The number of aryl methyl sites for hydroxylation is 1. The highest BCUT2D eigenvalue weighted by Gasteiger charge is 2.62. The number of carboxylic acid groups (broad SMARTS) is 1. The molecule has 0 aromatic heterocycles. The second-order valence-electron chi connectivity index (χ2n) is 5.88. The zero-order valence-corrected chi connectivity index (χ0v) is 11.9. The van der Waals surface area contributed by atoms with Gasteiger partial charge in [-0.1, -0.05) is 12.1 Å². The van der Waals surface area contributed by atoms with E-state index in [1.54, 1.807) is 0 Å². The molecule has 3 amide bonds. The highest BCUT2D eigenvalue weighted by Crippen LogP contribution is 2.49. The number of amides is 3. The van der Waals surface area contributed by atoms with Gasteiger partial charge in [0.2, 0.25) is 0 Å². The number of urea groups is 1. The Balaban J connectivity index is 1.83. The number of nitrogens with one attached hydrogen (secondary N) is 2. The van der Waals surface area contributed by atoms with E-state index in [4.69, 9.17) is 5.11 Å². The molecule has 1 unspecified atom stereocenters. The summed E-state index contributed by atoms with van der Waals surface area (Å²) in [5.41, 5.74) is -1.32. The summed E-state index contributed by atoms with van der Waals surface area (Å²) in [4.78, 5) is 34.7. The second-order valence-corrected chi connectivity index (χ2v) is 5.88. The number of carbonyl (C=O) groups excluding carboxylic acids is 2. The van der Waals surface area contributed by atoms with Gasteiger partial charge in [0, 0.05) is 5.92 Å². The van der Waals surface area contributed by atoms with Gasteiger partial charge in [0.1, 0.15) is 5.54 Å². The first-order chi connectivity index (χ1) is 10.8. The Labute approximate surface area is 129 Å². The molecule has 1 aromatic rings. The lowest BCUT2D eigenvalue weighted by Gasteiger charge is -2.26.